The van der Waals surface area contributed by atoms with Gasteiger partial charge in [-0.2, -0.15) is 5.26 Å². The average Bonchev–Trinajstić information content (AvgIpc) is 2.90. The molecule has 1 N–H and O–H groups in total. The van der Waals surface area contributed by atoms with Crippen LogP contribution in [0.5, 0.6) is 11.5 Å². The lowest BCUT2D eigenvalue weighted by atomic mass is 10.1. The highest BCUT2D eigenvalue weighted by Crippen LogP contribution is 2.29. The Morgan fingerprint density at radius 2 is 2.04 bits per heavy atom. The van der Waals surface area contributed by atoms with Crippen LogP contribution < -0.4 is 9.47 Å². The molecule has 0 atom stereocenters. The fraction of sp³-hybridized carbons (Fsp3) is 0.158. The second-order valence-corrected chi connectivity index (χ2v) is 5.55. The van der Waals surface area contributed by atoms with Gasteiger partial charge in [0.2, 0.25) is 0 Å². The van der Waals surface area contributed by atoms with E-state index in [4.69, 9.17) is 14.7 Å². The smallest absolute Gasteiger partial charge is 0.315 e. The van der Waals surface area contributed by atoms with Crippen LogP contribution in [0.2, 0.25) is 0 Å². The number of hydrogen-bond acceptors (Lipinski definition) is 4. The lowest BCUT2D eigenvalue weighted by Crippen LogP contribution is -2.12. The zero-order valence-corrected chi connectivity index (χ0v) is 13.7. The van der Waals surface area contributed by atoms with Crippen LogP contribution in [0.4, 0.5) is 4.39 Å². The number of carbonyl (C=O) groups excluding carboxylic acids is 1. The van der Waals surface area contributed by atoms with E-state index in [9.17, 15) is 9.18 Å². The molecule has 2 aromatic carbocycles. The van der Waals surface area contributed by atoms with E-state index < -0.39 is 5.97 Å². The number of carbonyl (C=O) groups is 1. The predicted molar refractivity (Wildman–Crippen MR) is 90.0 cm³/mol. The minimum atomic E-state index is -0.503. The largest absolute Gasteiger partial charge is 0.493 e. The van der Waals surface area contributed by atoms with Crippen LogP contribution in [0.1, 0.15) is 16.8 Å². The Kier molecular flexibility index (Phi) is 4.40. The summed E-state index contributed by atoms with van der Waals surface area (Å²) in [5.41, 5.74) is 2.63. The topological polar surface area (TPSA) is 75.1 Å². The van der Waals surface area contributed by atoms with Gasteiger partial charge in [0.05, 0.1) is 25.2 Å². The number of aromatic amines is 1. The fourth-order valence-electron chi connectivity index (χ4n) is 2.71. The van der Waals surface area contributed by atoms with E-state index in [1.807, 2.05) is 13.0 Å². The van der Waals surface area contributed by atoms with Crippen LogP contribution >= 0.6 is 0 Å². The molecule has 0 unspecified atom stereocenters. The second-order valence-electron chi connectivity index (χ2n) is 5.55. The molecule has 0 aliphatic heterocycles. The van der Waals surface area contributed by atoms with E-state index in [1.165, 1.54) is 37.4 Å². The highest BCUT2D eigenvalue weighted by atomic mass is 19.1. The Morgan fingerprint density at radius 1 is 1.24 bits per heavy atom. The highest BCUT2D eigenvalue weighted by molar-refractivity contribution is 5.89. The predicted octanol–water partition coefficient (Wildman–Crippen LogP) is 3.64. The Labute approximate surface area is 143 Å². The van der Waals surface area contributed by atoms with Crippen LogP contribution in [0.15, 0.2) is 36.4 Å². The van der Waals surface area contributed by atoms with Crippen molar-refractivity contribution in [3.63, 3.8) is 0 Å². The van der Waals surface area contributed by atoms with Crippen LogP contribution in [0.25, 0.3) is 10.9 Å². The molecule has 25 heavy (non-hydrogen) atoms. The number of hydrogen-bond donors (Lipinski definition) is 1. The van der Waals surface area contributed by atoms with Crippen molar-refractivity contribution in [2.75, 3.05) is 7.11 Å². The van der Waals surface area contributed by atoms with Crippen molar-refractivity contribution in [1.82, 2.24) is 4.98 Å². The number of aromatic nitrogens is 1. The highest BCUT2D eigenvalue weighted by Gasteiger charge is 2.16. The molecule has 0 aliphatic rings. The van der Waals surface area contributed by atoms with Gasteiger partial charge in [0.25, 0.3) is 0 Å². The van der Waals surface area contributed by atoms with Gasteiger partial charge in [0.1, 0.15) is 5.82 Å². The normalized spacial score (nSPS) is 10.5. The van der Waals surface area contributed by atoms with E-state index in [0.29, 0.717) is 22.3 Å². The van der Waals surface area contributed by atoms with Gasteiger partial charge in [-0.05, 0) is 42.8 Å². The van der Waals surface area contributed by atoms with E-state index >= 15 is 0 Å². The van der Waals surface area contributed by atoms with Crippen molar-refractivity contribution >= 4 is 16.9 Å². The number of nitriles is 1. The molecule has 126 valence electrons. The van der Waals surface area contributed by atoms with Crippen molar-refractivity contribution in [3.8, 4) is 17.6 Å². The van der Waals surface area contributed by atoms with Gasteiger partial charge >= 0.3 is 5.97 Å². The third-order valence-corrected chi connectivity index (χ3v) is 3.92. The molecule has 0 saturated carbocycles. The van der Waals surface area contributed by atoms with Gasteiger partial charge in [-0.25, -0.2) is 4.39 Å². The SMILES string of the molecule is COc1cc(C#N)ccc1OC(=O)Cc1c(C)[nH]c2ccc(F)cc12. The molecule has 0 amide bonds. The van der Waals surface area contributed by atoms with Crippen molar-refractivity contribution in [1.29, 1.82) is 5.26 Å². The van der Waals surface area contributed by atoms with Crippen LogP contribution in [0, 0.1) is 24.1 Å². The molecule has 0 fully saturated rings. The summed E-state index contributed by atoms with van der Waals surface area (Å²) >= 11 is 0. The van der Waals surface area contributed by atoms with Gasteiger partial charge < -0.3 is 14.5 Å². The zero-order valence-electron chi connectivity index (χ0n) is 13.7. The number of fused-ring (bicyclic) bond motifs is 1. The molecule has 3 aromatic rings. The molecule has 0 bridgehead atoms. The van der Waals surface area contributed by atoms with Gasteiger partial charge in [0.15, 0.2) is 11.5 Å². The van der Waals surface area contributed by atoms with Crippen molar-refractivity contribution in [2.45, 2.75) is 13.3 Å². The Morgan fingerprint density at radius 3 is 2.76 bits per heavy atom. The van der Waals surface area contributed by atoms with E-state index in [1.54, 1.807) is 6.07 Å². The number of esters is 1. The minimum absolute atomic E-state index is 0.0154. The Balaban J connectivity index is 1.85. The molecule has 6 heteroatoms. The first-order chi connectivity index (χ1) is 12.0. The standard InChI is InChI=1S/C19H15FN2O3/c1-11-14(15-8-13(20)4-5-16(15)22-11)9-19(23)25-17-6-3-12(10-21)7-18(17)24-2/h3-8,22H,9H2,1-2H3. The fourth-order valence-corrected chi connectivity index (χ4v) is 2.71. The van der Waals surface area contributed by atoms with Crippen LogP contribution in [0.3, 0.4) is 0 Å². The molecular weight excluding hydrogens is 323 g/mol. The van der Waals surface area contributed by atoms with Gasteiger partial charge in [-0.1, -0.05) is 0 Å². The summed E-state index contributed by atoms with van der Waals surface area (Å²) in [7, 11) is 1.43. The van der Waals surface area contributed by atoms with Crippen molar-refractivity contribution in [2.24, 2.45) is 0 Å². The first-order valence-electron chi connectivity index (χ1n) is 7.57. The van der Waals surface area contributed by atoms with Gasteiger partial charge in [-0.15, -0.1) is 0 Å². The number of nitrogens with one attached hydrogen (secondary N) is 1. The monoisotopic (exact) mass is 338 g/mol. The molecule has 1 heterocycles. The number of ether oxygens (including phenoxy) is 2. The maximum absolute atomic E-state index is 13.5. The molecular formula is C19H15FN2O3. The Hall–Kier alpha value is -3.33. The summed E-state index contributed by atoms with van der Waals surface area (Å²) in [6, 6.07) is 10.9. The van der Waals surface area contributed by atoms with Gasteiger partial charge in [0, 0.05) is 22.7 Å². The number of aryl methyl sites for hydroxylation is 1. The van der Waals surface area contributed by atoms with Crippen LogP contribution in [-0.2, 0) is 11.2 Å². The first-order valence-corrected chi connectivity index (χ1v) is 7.57. The summed E-state index contributed by atoms with van der Waals surface area (Å²) in [5.74, 6) is -0.338. The number of rotatable bonds is 4. The van der Waals surface area contributed by atoms with Gasteiger partial charge in [-0.3, -0.25) is 4.79 Å². The quantitative estimate of drug-likeness (QED) is 0.582. The molecule has 1 aromatic heterocycles. The van der Waals surface area contributed by atoms with Crippen LogP contribution in [-0.4, -0.2) is 18.1 Å². The third-order valence-electron chi connectivity index (χ3n) is 3.92. The number of methoxy groups -OCH3 is 1. The van der Waals surface area contributed by atoms with Crippen molar-refractivity contribution in [3.05, 3.63) is 59.0 Å². The number of halogens is 1. The average molecular weight is 338 g/mol. The number of H-pyrrole nitrogens is 1. The third kappa shape index (κ3) is 3.31. The second kappa shape index (κ2) is 6.65. The summed E-state index contributed by atoms with van der Waals surface area (Å²) in [6.07, 6.45) is -0.0154. The molecule has 0 spiro atoms. The lowest BCUT2D eigenvalue weighted by Gasteiger charge is -2.09. The summed E-state index contributed by atoms with van der Waals surface area (Å²) in [5, 5.41) is 9.56. The molecule has 3 rings (SSSR count). The van der Waals surface area contributed by atoms with E-state index in [0.717, 1.165) is 11.2 Å². The first kappa shape index (κ1) is 16.5. The zero-order chi connectivity index (χ0) is 18.0. The maximum Gasteiger partial charge on any atom is 0.315 e. The summed E-state index contributed by atoms with van der Waals surface area (Å²) in [4.78, 5) is 15.5. The molecule has 0 aliphatic carbocycles. The van der Waals surface area contributed by atoms with Crippen molar-refractivity contribution < 1.29 is 18.7 Å². The minimum Gasteiger partial charge on any atom is -0.493 e. The van der Waals surface area contributed by atoms with E-state index in [-0.39, 0.29) is 18.0 Å². The maximum atomic E-state index is 13.5. The molecule has 0 radical (unpaired) electrons. The Bertz CT molecular complexity index is 1000. The number of nitrogens with zero attached hydrogens (tertiary/aromatic N) is 1. The van der Waals surface area contributed by atoms with E-state index in [2.05, 4.69) is 4.98 Å². The molecule has 0 saturated heterocycles. The number of benzene rings is 2. The summed E-state index contributed by atoms with van der Waals surface area (Å²) < 4.78 is 24.0. The lowest BCUT2D eigenvalue weighted by molar-refractivity contribution is -0.133. The summed E-state index contributed by atoms with van der Waals surface area (Å²) in [6.45, 7) is 1.82. The molecule has 5 nitrogen and oxygen atoms in total.